The van der Waals surface area contributed by atoms with Gasteiger partial charge in [-0.3, -0.25) is 0 Å². The summed E-state index contributed by atoms with van der Waals surface area (Å²) in [5.74, 6) is 6.66. The number of hydrogen-bond acceptors (Lipinski definition) is 3. The van der Waals surface area contributed by atoms with Crippen LogP contribution in [0.5, 0.6) is 5.75 Å². The van der Waals surface area contributed by atoms with Gasteiger partial charge in [0, 0.05) is 5.56 Å². The van der Waals surface area contributed by atoms with Gasteiger partial charge in [-0.25, -0.2) is 8.42 Å². The van der Waals surface area contributed by atoms with E-state index >= 15 is 0 Å². The molecule has 0 radical (unpaired) electrons. The van der Waals surface area contributed by atoms with Crippen LogP contribution < -0.4 is 4.74 Å². The number of hydrogen-bond donors (Lipinski definition) is 0. The predicted molar refractivity (Wildman–Crippen MR) is 109 cm³/mol. The quantitative estimate of drug-likeness (QED) is 0.542. The van der Waals surface area contributed by atoms with Gasteiger partial charge in [0.05, 0.1) is 24.6 Å². The van der Waals surface area contributed by atoms with Crippen molar-refractivity contribution in [3.63, 3.8) is 0 Å². The summed E-state index contributed by atoms with van der Waals surface area (Å²) in [6.45, 7) is 9.37. The Labute approximate surface area is 161 Å². The topological polar surface area (TPSA) is 46.6 Å². The molecular weight excluding hydrogens is 358 g/mol. The van der Waals surface area contributed by atoms with Gasteiger partial charge in [-0.15, -0.1) is 13.2 Å². The van der Waals surface area contributed by atoms with Gasteiger partial charge in [0.15, 0.2) is 0 Å². The molecular formula is C22H23NO3S. The second kappa shape index (κ2) is 9.22. The maximum atomic E-state index is 13.1. The highest BCUT2D eigenvalue weighted by Crippen LogP contribution is 2.19. The molecule has 2 aromatic rings. The van der Waals surface area contributed by atoms with Crippen molar-refractivity contribution in [3.05, 3.63) is 85.0 Å². The summed E-state index contributed by atoms with van der Waals surface area (Å²) in [5, 5.41) is 0. The minimum atomic E-state index is -3.74. The average molecular weight is 381 g/mol. The lowest BCUT2D eigenvalue weighted by atomic mass is 10.2. The van der Waals surface area contributed by atoms with Crippen LogP contribution in [0.3, 0.4) is 0 Å². The third kappa shape index (κ3) is 5.10. The van der Waals surface area contributed by atoms with Crippen LogP contribution in [0.15, 0.2) is 78.7 Å². The largest absolute Gasteiger partial charge is 0.497 e. The molecule has 4 nitrogen and oxygen atoms in total. The van der Waals surface area contributed by atoms with Crippen molar-refractivity contribution >= 4 is 10.0 Å². The van der Waals surface area contributed by atoms with E-state index in [0.717, 1.165) is 16.9 Å². The zero-order chi connectivity index (χ0) is 19.9. The third-order valence-corrected chi connectivity index (χ3v) is 5.86. The second-order valence-corrected chi connectivity index (χ2v) is 7.75. The minimum Gasteiger partial charge on any atom is -0.497 e. The van der Waals surface area contributed by atoms with Gasteiger partial charge in [-0.1, -0.05) is 41.7 Å². The highest BCUT2D eigenvalue weighted by Gasteiger charge is 2.27. The SMILES string of the molecule is C=CC(C=C)N(CC#Cc1ccc(OC)cc1)S(=O)(=O)c1ccc(C)cc1. The lowest BCUT2D eigenvalue weighted by molar-refractivity contribution is 0.415. The number of nitrogens with zero attached hydrogens (tertiary/aromatic N) is 1. The number of sulfonamides is 1. The van der Waals surface area contributed by atoms with Crippen LogP contribution >= 0.6 is 0 Å². The van der Waals surface area contributed by atoms with E-state index in [4.69, 9.17) is 4.74 Å². The smallest absolute Gasteiger partial charge is 0.244 e. The molecule has 0 saturated carbocycles. The Bertz CT molecular complexity index is 941. The highest BCUT2D eigenvalue weighted by atomic mass is 32.2. The molecule has 0 aliphatic rings. The average Bonchev–Trinajstić information content (AvgIpc) is 2.68. The second-order valence-electron chi connectivity index (χ2n) is 5.86. The standard InChI is InChI=1S/C22H23NO3S/c1-5-20(6-2)23(27(24,25)22-15-9-18(3)10-16-22)17-7-8-19-11-13-21(26-4)14-12-19/h5-6,9-16,20H,1-2,17H2,3-4H3. The first-order valence-electron chi connectivity index (χ1n) is 8.39. The molecule has 0 saturated heterocycles. The van der Waals surface area contributed by atoms with Gasteiger partial charge in [-0.2, -0.15) is 4.31 Å². The fourth-order valence-corrected chi connectivity index (χ4v) is 3.90. The maximum absolute atomic E-state index is 13.1. The normalized spacial score (nSPS) is 11.0. The van der Waals surface area contributed by atoms with E-state index in [-0.39, 0.29) is 11.4 Å². The lowest BCUT2D eigenvalue weighted by Crippen LogP contribution is -2.38. The number of aryl methyl sites for hydroxylation is 1. The molecule has 0 bridgehead atoms. The molecule has 27 heavy (non-hydrogen) atoms. The van der Waals surface area contributed by atoms with Crippen molar-refractivity contribution in [2.24, 2.45) is 0 Å². The van der Waals surface area contributed by atoms with E-state index in [0.29, 0.717) is 0 Å². The summed E-state index contributed by atoms with van der Waals surface area (Å²) >= 11 is 0. The first-order valence-corrected chi connectivity index (χ1v) is 9.83. The van der Waals surface area contributed by atoms with E-state index in [2.05, 4.69) is 25.0 Å². The molecule has 0 aromatic heterocycles. The van der Waals surface area contributed by atoms with Crippen molar-refractivity contribution in [2.45, 2.75) is 17.9 Å². The van der Waals surface area contributed by atoms with Gasteiger partial charge < -0.3 is 4.74 Å². The van der Waals surface area contributed by atoms with Crippen LogP contribution in [0.25, 0.3) is 0 Å². The van der Waals surface area contributed by atoms with E-state index < -0.39 is 16.1 Å². The fraction of sp³-hybridized carbons (Fsp3) is 0.182. The molecule has 0 heterocycles. The van der Waals surface area contributed by atoms with Crippen LogP contribution in [-0.4, -0.2) is 32.4 Å². The monoisotopic (exact) mass is 381 g/mol. The van der Waals surface area contributed by atoms with Crippen LogP contribution in [0, 0.1) is 18.8 Å². The molecule has 2 rings (SSSR count). The van der Waals surface area contributed by atoms with E-state index in [1.807, 2.05) is 19.1 Å². The molecule has 2 aromatic carbocycles. The van der Waals surface area contributed by atoms with Crippen LogP contribution in [0.2, 0.25) is 0 Å². The number of methoxy groups -OCH3 is 1. The summed E-state index contributed by atoms with van der Waals surface area (Å²) in [6, 6.07) is 13.4. The lowest BCUT2D eigenvalue weighted by Gasteiger charge is -2.24. The van der Waals surface area contributed by atoms with Gasteiger partial charge in [0.2, 0.25) is 10.0 Å². The summed E-state index contributed by atoms with van der Waals surface area (Å²) < 4.78 is 32.6. The predicted octanol–water partition coefficient (Wildman–Crippen LogP) is 3.79. The summed E-state index contributed by atoms with van der Waals surface area (Å²) in [7, 11) is -2.14. The Kier molecular flexibility index (Phi) is 7.00. The molecule has 0 aliphatic carbocycles. The Morgan fingerprint density at radius 2 is 1.67 bits per heavy atom. The van der Waals surface area contributed by atoms with Crippen molar-refractivity contribution in [1.82, 2.24) is 4.31 Å². The number of benzene rings is 2. The molecule has 140 valence electrons. The Balaban J connectivity index is 2.32. The van der Waals surface area contributed by atoms with Crippen molar-refractivity contribution in [1.29, 1.82) is 0 Å². The Morgan fingerprint density at radius 3 is 2.19 bits per heavy atom. The molecule has 0 atom stereocenters. The van der Waals surface area contributed by atoms with Crippen LogP contribution in [-0.2, 0) is 10.0 Å². The van der Waals surface area contributed by atoms with Gasteiger partial charge in [0.1, 0.15) is 5.75 Å². The fourth-order valence-electron chi connectivity index (χ4n) is 2.42. The minimum absolute atomic E-state index is 0.0188. The Morgan fingerprint density at radius 1 is 1.07 bits per heavy atom. The van der Waals surface area contributed by atoms with Crippen LogP contribution in [0.1, 0.15) is 11.1 Å². The first-order chi connectivity index (χ1) is 12.9. The summed E-state index contributed by atoms with van der Waals surface area (Å²) in [6.07, 6.45) is 3.07. The molecule has 0 N–H and O–H groups in total. The van der Waals surface area contributed by atoms with Crippen molar-refractivity contribution in [2.75, 3.05) is 13.7 Å². The first kappa shape index (κ1) is 20.5. The summed E-state index contributed by atoms with van der Waals surface area (Å²) in [5.41, 5.74) is 1.76. The Hall–Kier alpha value is -2.81. The zero-order valence-electron chi connectivity index (χ0n) is 15.6. The van der Waals surface area contributed by atoms with Gasteiger partial charge in [0.25, 0.3) is 0 Å². The molecule has 5 heteroatoms. The van der Waals surface area contributed by atoms with Crippen molar-refractivity contribution in [3.8, 4) is 17.6 Å². The molecule has 0 unspecified atom stereocenters. The molecule has 0 amide bonds. The van der Waals surface area contributed by atoms with E-state index in [1.54, 1.807) is 43.5 Å². The molecule has 0 aliphatic heterocycles. The number of ether oxygens (including phenoxy) is 1. The molecule has 0 spiro atoms. The van der Waals surface area contributed by atoms with E-state index in [9.17, 15) is 8.42 Å². The van der Waals surface area contributed by atoms with Crippen molar-refractivity contribution < 1.29 is 13.2 Å². The zero-order valence-corrected chi connectivity index (χ0v) is 16.4. The van der Waals surface area contributed by atoms with Gasteiger partial charge >= 0.3 is 0 Å². The highest BCUT2D eigenvalue weighted by molar-refractivity contribution is 7.89. The summed E-state index contributed by atoms with van der Waals surface area (Å²) in [4.78, 5) is 0.216. The maximum Gasteiger partial charge on any atom is 0.244 e. The van der Waals surface area contributed by atoms with Crippen LogP contribution in [0.4, 0.5) is 0 Å². The van der Waals surface area contributed by atoms with E-state index in [1.165, 1.54) is 16.5 Å². The number of rotatable bonds is 7. The molecule has 0 fully saturated rings. The van der Waals surface area contributed by atoms with Gasteiger partial charge in [-0.05, 0) is 43.3 Å². The third-order valence-electron chi connectivity index (χ3n) is 4.00.